The van der Waals surface area contributed by atoms with Crippen LogP contribution in [0.3, 0.4) is 0 Å². The van der Waals surface area contributed by atoms with Crippen molar-refractivity contribution in [2.45, 2.75) is 32.7 Å². The maximum absolute atomic E-state index is 12.5. The maximum Gasteiger partial charge on any atom is 0.432 e. The second-order valence-corrected chi connectivity index (χ2v) is 8.19. The van der Waals surface area contributed by atoms with Gasteiger partial charge < -0.3 is 4.74 Å². The molecule has 0 saturated carbocycles. The number of fused-ring (bicyclic) bond motifs is 1. The molecule has 2 aliphatic heterocycles. The summed E-state index contributed by atoms with van der Waals surface area (Å²) in [6, 6.07) is 16.3. The molecule has 0 saturated heterocycles. The number of hydrogen-bond acceptors (Lipinski definition) is 7. The van der Waals surface area contributed by atoms with E-state index < -0.39 is 6.09 Å². The Labute approximate surface area is 197 Å². The molecule has 1 amide bonds. The van der Waals surface area contributed by atoms with Gasteiger partial charge in [-0.15, -0.1) is 10.2 Å². The molecule has 5 rings (SSSR count). The van der Waals surface area contributed by atoms with Crippen LogP contribution < -0.4 is 0 Å². The summed E-state index contributed by atoms with van der Waals surface area (Å²) in [6.07, 6.45) is 4.84. The second kappa shape index (κ2) is 8.93. The quantitative estimate of drug-likeness (QED) is 0.614. The van der Waals surface area contributed by atoms with Gasteiger partial charge in [0.05, 0.1) is 13.2 Å². The van der Waals surface area contributed by atoms with E-state index in [2.05, 4.69) is 51.8 Å². The topological polar surface area (TPSA) is 99.6 Å². The summed E-state index contributed by atoms with van der Waals surface area (Å²) in [4.78, 5) is 17.3. The molecule has 9 heteroatoms. The fourth-order valence-corrected chi connectivity index (χ4v) is 4.43. The lowest BCUT2D eigenvalue weighted by atomic mass is 9.95. The Morgan fingerprint density at radius 3 is 2.56 bits per heavy atom. The summed E-state index contributed by atoms with van der Waals surface area (Å²) < 4.78 is 5.03. The number of allylic oxidation sites excluding steroid dienone is 2. The van der Waals surface area contributed by atoms with Crippen LogP contribution in [-0.2, 0) is 11.2 Å². The van der Waals surface area contributed by atoms with Gasteiger partial charge in [0.25, 0.3) is 0 Å². The van der Waals surface area contributed by atoms with Crippen molar-refractivity contribution in [1.82, 2.24) is 30.6 Å². The third kappa shape index (κ3) is 3.85. The fourth-order valence-electron chi connectivity index (χ4n) is 4.43. The van der Waals surface area contributed by atoms with Crippen LogP contribution in [0.4, 0.5) is 4.79 Å². The Morgan fingerprint density at radius 2 is 1.88 bits per heavy atom. The number of carbonyl (C=O) groups is 1. The number of aromatic nitrogens is 4. The molecule has 3 aromatic rings. The minimum atomic E-state index is -0.434. The number of methoxy groups -OCH3 is 1. The van der Waals surface area contributed by atoms with E-state index in [1.54, 1.807) is 6.20 Å². The van der Waals surface area contributed by atoms with Crippen molar-refractivity contribution in [1.29, 1.82) is 0 Å². The number of nitrogens with one attached hydrogen (secondary N) is 1. The van der Waals surface area contributed by atoms with Crippen LogP contribution in [0.5, 0.6) is 0 Å². The standard InChI is InChI=1S/C25H25N7O2/c1-4-21-22(32-23(26-21)13-16(2)15-31(32)25(33)34-3)14-17-9-11-18(12-10-17)19-7-5-6-8-20(19)24-27-29-30-28-24/h5-13,15,22H,4,14H2,1-3H3,(H,27,28,29,30). The first kappa shape index (κ1) is 21.6. The summed E-state index contributed by atoms with van der Waals surface area (Å²) in [7, 11) is 1.39. The van der Waals surface area contributed by atoms with Gasteiger partial charge in [-0.05, 0) is 46.9 Å². The van der Waals surface area contributed by atoms with E-state index in [0.29, 0.717) is 12.2 Å². The zero-order valence-electron chi connectivity index (χ0n) is 19.3. The zero-order chi connectivity index (χ0) is 23.7. The molecule has 1 unspecified atom stereocenters. The number of aliphatic imine (C=N–C) groups is 1. The second-order valence-electron chi connectivity index (χ2n) is 8.19. The molecule has 1 N–H and O–H groups in total. The third-order valence-corrected chi connectivity index (χ3v) is 6.02. The van der Waals surface area contributed by atoms with Crippen LogP contribution in [0.1, 0.15) is 25.8 Å². The van der Waals surface area contributed by atoms with E-state index in [0.717, 1.165) is 45.8 Å². The van der Waals surface area contributed by atoms with Crippen LogP contribution in [0.25, 0.3) is 22.5 Å². The Morgan fingerprint density at radius 1 is 1.12 bits per heavy atom. The molecule has 2 aromatic carbocycles. The molecule has 0 radical (unpaired) electrons. The van der Waals surface area contributed by atoms with Crippen LogP contribution in [-0.4, -0.2) is 55.6 Å². The first-order valence-electron chi connectivity index (χ1n) is 11.1. The summed E-state index contributed by atoms with van der Waals surface area (Å²) in [6.45, 7) is 4.03. The van der Waals surface area contributed by atoms with Gasteiger partial charge in [0.15, 0.2) is 0 Å². The van der Waals surface area contributed by atoms with Crippen molar-refractivity contribution in [3.8, 4) is 22.5 Å². The number of ether oxygens (including phenoxy) is 1. The Balaban J connectivity index is 1.43. The Kier molecular flexibility index (Phi) is 5.67. The molecule has 0 bridgehead atoms. The molecule has 1 aromatic heterocycles. The molecule has 0 spiro atoms. The smallest absolute Gasteiger partial charge is 0.432 e. The van der Waals surface area contributed by atoms with Crippen molar-refractivity contribution in [2.75, 3.05) is 7.11 Å². The number of hydrogen-bond donors (Lipinski definition) is 1. The SMILES string of the molecule is CCC1=NC2=CC(C)=CN(C(=O)OC)N2C1Cc1ccc(-c2ccccc2-c2nn[nH]n2)cc1. The average Bonchev–Trinajstić information content (AvgIpc) is 3.52. The summed E-state index contributed by atoms with van der Waals surface area (Å²) in [5.74, 6) is 1.32. The number of tetrazole rings is 1. The fraction of sp³-hybridized carbons (Fsp3) is 0.240. The zero-order valence-corrected chi connectivity index (χ0v) is 19.3. The van der Waals surface area contributed by atoms with Crippen LogP contribution in [0, 0.1) is 0 Å². The van der Waals surface area contributed by atoms with Gasteiger partial charge >= 0.3 is 6.09 Å². The van der Waals surface area contributed by atoms with Crippen molar-refractivity contribution in [3.63, 3.8) is 0 Å². The normalized spacial score (nSPS) is 17.1. The number of aromatic amines is 1. The van der Waals surface area contributed by atoms with E-state index in [1.165, 1.54) is 12.1 Å². The molecule has 9 nitrogen and oxygen atoms in total. The highest BCUT2D eigenvalue weighted by Crippen LogP contribution is 2.33. The van der Waals surface area contributed by atoms with E-state index in [-0.39, 0.29) is 6.04 Å². The predicted octanol–water partition coefficient (Wildman–Crippen LogP) is 4.35. The molecule has 0 aliphatic carbocycles. The minimum absolute atomic E-state index is 0.0721. The van der Waals surface area contributed by atoms with Gasteiger partial charge in [-0.1, -0.05) is 55.5 Å². The largest absolute Gasteiger partial charge is 0.451 e. The van der Waals surface area contributed by atoms with Gasteiger partial charge in [-0.25, -0.2) is 14.8 Å². The lowest BCUT2D eigenvalue weighted by Gasteiger charge is -2.37. The highest BCUT2D eigenvalue weighted by Gasteiger charge is 2.39. The third-order valence-electron chi connectivity index (χ3n) is 6.02. The van der Waals surface area contributed by atoms with Crippen LogP contribution in [0.15, 0.2) is 77.2 Å². The molecular weight excluding hydrogens is 430 g/mol. The van der Waals surface area contributed by atoms with Gasteiger partial charge in [-0.2, -0.15) is 10.2 Å². The van der Waals surface area contributed by atoms with E-state index in [9.17, 15) is 4.79 Å². The molecule has 34 heavy (non-hydrogen) atoms. The number of hydrazine groups is 1. The Hall–Kier alpha value is -4.27. The van der Waals surface area contributed by atoms with E-state index >= 15 is 0 Å². The number of benzene rings is 2. The molecule has 1 atom stereocenters. The molecular formula is C25H25N7O2. The molecule has 3 heterocycles. The van der Waals surface area contributed by atoms with Gasteiger partial charge in [0.2, 0.25) is 5.82 Å². The van der Waals surface area contributed by atoms with Gasteiger partial charge in [0.1, 0.15) is 5.82 Å². The van der Waals surface area contributed by atoms with Crippen molar-refractivity contribution < 1.29 is 9.53 Å². The number of H-pyrrole nitrogens is 1. The first-order chi connectivity index (χ1) is 16.6. The lowest BCUT2D eigenvalue weighted by molar-refractivity contribution is 0.0337. The van der Waals surface area contributed by atoms with Gasteiger partial charge in [-0.3, -0.25) is 0 Å². The lowest BCUT2D eigenvalue weighted by Crippen LogP contribution is -2.49. The number of rotatable bonds is 5. The monoisotopic (exact) mass is 455 g/mol. The van der Waals surface area contributed by atoms with Crippen molar-refractivity contribution in [3.05, 3.63) is 77.8 Å². The Bertz CT molecular complexity index is 1290. The summed E-state index contributed by atoms with van der Waals surface area (Å²) in [5.41, 5.74) is 6.14. The number of carbonyl (C=O) groups excluding carboxylic acids is 1. The van der Waals surface area contributed by atoms with Crippen molar-refractivity contribution >= 4 is 11.8 Å². The summed E-state index contributed by atoms with van der Waals surface area (Å²) >= 11 is 0. The van der Waals surface area contributed by atoms with Crippen LogP contribution >= 0.6 is 0 Å². The molecule has 0 fully saturated rings. The summed E-state index contributed by atoms with van der Waals surface area (Å²) in [5, 5.41) is 17.9. The number of amides is 1. The highest BCUT2D eigenvalue weighted by atomic mass is 16.5. The molecule has 172 valence electrons. The van der Waals surface area contributed by atoms with Crippen molar-refractivity contribution in [2.24, 2.45) is 4.99 Å². The molecule has 2 aliphatic rings. The van der Waals surface area contributed by atoms with E-state index in [4.69, 9.17) is 9.73 Å². The first-order valence-corrected chi connectivity index (χ1v) is 11.1. The van der Waals surface area contributed by atoms with Crippen LogP contribution in [0.2, 0.25) is 0 Å². The minimum Gasteiger partial charge on any atom is -0.451 e. The van der Waals surface area contributed by atoms with E-state index in [1.807, 2.05) is 42.3 Å². The predicted molar refractivity (Wildman–Crippen MR) is 128 cm³/mol. The van der Waals surface area contributed by atoms with Gasteiger partial charge in [0, 0.05) is 23.9 Å². The average molecular weight is 456 g/mol. The highest BCUT2D eigenvalue weighted by molar-refractivity contribution is 5.93. The number of nitrogens with zero attached hydrogens (tertiary/aromatic N) is 6. The maximum atomic E-state index is 12.5.